The maximum Gasteiger partial charge on any atom is 0.255 e. The summed E-state index contributed by atoms with van der Waals surface area (Å²) in [7, 11) is 0. The molecule has 1 heterocycles. The lowest BCUT2D eigenvalue weighted by molar-refractivity contribution is 0.0948. The smallest absolute Gasteiger partial charge is 0.255 e. The van der Waals surface area contributed by atoms with E-state index in [1.807, 2.05) is 19.1 Å². The predicted octanol–water partition coefficient (Wildman–Crippen LogP) is 2.04. The quantitative estimate of drug-likeness (QED) is 0.760. The minimum absolute atomic E-state index is 0.0289. The van der Waals surface area contributed by atoms with E-state index in [2.05, 4.69) is 17.2 Å². The van der Waals surface area contributed by atoms with Gasteiger partial charge in [0.1, 0.15) is 12.4 Å². The summed E-state index contributed by atoms with van der Waals surface area (Å²) in [5.41, 5.74) is 1.18. The number of aryl methyl sites for hydroxylation is 1. The highest BCUT2D eigenvalue weighted by atomic mass is 32.1. The first-order valence-corrected chi connectivity index (χ1v) is 7.18. The predicted molar refractivity (Wildman–Crippen MR) is 82.3 cm³/mol. The summed E-state index contributed by atoms with van der Waals surface area (Å²) >= 11 is 1.46. The zero-order chi connectivity index (χ0) is 15.2. The number of carbonyl (C=O) groups is 1. The zero-order valence-electron chi connectivity index (χ0n) is 11.5. The van der Waals surface area contributed by atoms with Gasteiger partial charge in [0.2, 0.25) is 0 Å². The molecule has 0 aliphatic rings. The van der Waals surface area contributed by atoms with E-state index in [0.29, 0.717) is 6.54 Å². The van der Waals surface area contributed by atoms with E-state index in [1.54, 1.807) is 12.1 Å². The number of aromatic hydroxyl groups is 1. The van der Waals surface area contributed by atoms with Crippen LogP contribution in [0.5, 0.6) is 5.75 Å². The maximum absolute atomic E-state index is 12.0. The number of hydrogen-bond acceptors (Lipinski definition) is 4. The molecule has 0 saturated carbocycles. The van der Waals surface area contributed by atoms with Crippen molar-refractivity contribution in [3.8, 4) is 17.6 Å². The fourth-order valence-corrected chi connectivity index (χ4v) is 2.58. The number of nitrogens with one attached hydrogen (secondary N) is 1. The van der Waals surface area contributed by atoms with Crippen molar-refractivity contribution in [3.05, 3.63) is 51.2 Å². The van der Waals surface area contributed by atoms with Crippen LogP contribution in [-0.4, -0.2) is 22.7 Å². The van der Waals surface area contributed by atoms with Crippen molar-refractivity contribution in [1.82, 2.24) is 5.32 Å². The van der Waals surface area contributed by atoms with Crippen molar-refractivity contribution >= 4 is 17.2 Å². The molecule has 1 aromatic carbocycles. The van der Waals surface area contributed by atoms with Gasteiger partial charge >= 0.3 is 0 Å². The summed E-state index contributed by atoms with van der Waals surface area (Å²) in [6.45, 7) is 2.07. The topological polar surface area (TPSA) is 69.6 Å². The van der Waals surface area contributed by atoms with E-state index in [0.717, 1.165) is 15.3 Å². The lowest BCUT2D eigenvalue weighted by atomic mass is 10.1. The first-order chi connectivity index (χ1) is 10.1. The van der Waals surface area contributed by atoms with E-state index >= 15 is 0 Å². The lowest BCUT2D eigenvalue weighted by Crippen LogP contribution is -2.22. The largest absolute Gasteiger partial charge is 0.507 e. The first-order valence-electron chi connectivity index (χ1n) is 6.36. The van der Waals surface area contributed by atoms with Gasteiger partial charge in [0, 0.05) is 4.88 Å². The molecular formula is C16H15NO3S. The highest BCUT2D eigenvalue weighted by molar-refractivity contribution is 7.12. The Balaban J connectivity index is 2.01. The molecular weight excluding hydrogens is 286 g/mol. The van der Waals surface area contributed by atoms with Gasteiger partial charge in [-0.2, -0.15) is 0 Å². The summed E-state index contributed by atoms with van der Waals surface area (Å²) in [4.78, 5) is 13.8. The Morgan fingerprint density at radius 2 is 2.14 bits per heavy atom. The molecule has 0 radical (unpaired) electrons. The van der Waals surface area contributed by atoms with Crippen molar-refractivity contribution in [2.24, 2.45) is 0 Å². The molecule has 0 unspecified atom stereocenters. The van der Waals surface area contributed by atoms with Gasteiger partial charge in [0.05, 0.1) is 17.0 Å². The molecule has 2 rings (SSSR count). The van der Waals surface area contributed by atoms with Crippen LogP contribution in [0.1, 0.15) is 25.7 Å². The van der Waals surface area contributed by atoms with Crippen LogP contribution in [0.15, 0.2) is 30.3 Å². The lowest BCUT2D eigenvalue weighted by Gasteiger charge is -2.06. The molecule has 1 amide bonds. The van der Waals surface area contributed by atoms with Crippen LogP contribution < -0.4 is 5.32 Å². The first kappa shape index (κ1) is 15.1. The van der Waals surface area contributed by atoms with E-state index in [4.69, 9.17) is 5.11 Å². The zero-order valence-corrected chi connectivity index (χ0v) is 12.3. The number of aliphatic hydroxyl groups excluding tert-OH is 1. The number of benzene rings is 1. The molecule has 0 saturated heterocycles. The Morgan fingerprint density at radius 3 is 2.90 bits per heavy atom. The maximum atomic E-state index is 12.0. The van der Waals surface area contributed by atoms with Crippen molar-refractivity contribution in [1.29, 1.82) is 0 Å². The minimum atomic E-state index is -0.312. The molecule has 0 aliphatic heterocycles. The van der Waals surface area contributed by atoms with Gasteiger partial charge in [0.25, 0.3) is 5.91 Å². The monoisotopic (exact) mass is 301 g/mol. The number of hydrogen-bond donors (Lipinski definition) is 3. The summed E-state index contributed by atoms with van der Waals surface area (Å²) in [5, 5.41) is 21.1. The molecule has 0 atom stereocenters. The average molecular weight is 301 g/mol. The van der Waals surface area contributed by atoms with Crippen LogP contribution in [0.3, 0.4) is 0 Å². The summed E-state index contributed by atoms with van der Waals surface area (Å²) in [5.74, 6) is 5.05. The summed E-state index contributed by atoms with van der Waals surface area (Å²) in [6, 6.07) is 8.63. The van der Waals surface area contributed by atoms with Crippen LogP contribution in [0.25, 0.3) is 0 Å². The normalized spacial score (nSPS) is 9.81. The van der Waals surface area contributed by atoms with Crippen molar-refractivity contribution in [2.75, 3.05) is 6.61 Å². The van der Waals surface area contributed by atoms with Gasteiger partial charge in [-0.1, -0.05) is 23.5 Å². The molecule has 0 aliphatic carbocycles. The number of phenols is 1. The molecule has 21 heavy (non-hydrogen) atoms. The molecule has 2 aromatic rings. The van der Waals surface area contributed by atoms with Gasteiger partial charge < -0.3 is 15.5 Å². The summed E-state index contributed by atoms with van der Waals surface area (Å²) in [6.07, 6.45) is 0. The highest BCUT2D eigenvalue weighted by Gasteiger charge is 2.11. The molecule has 108 valence electrons. The molecule has 0 fully saturated rings. The second kappa shape index (κ2) is 6.93. The van der Waals surface area contributed by atoms with Crippen LogP contribution in [0.4, 0.5) is 0 Å². The average Bonchev–Trinajstić information content (AvgIpc) is 2.93. The molecule has 0 spiro atoms. The number of carbonyl (C=O) groups excluding carboxylic acids is 1. The van der Waals surface area contributed by atoms with Gasteiger partial charge in [-0.25, -0.2) is 0 Å². The van der Waals surface area contributed by atoms with Crippen molar-refractivity contribution < 1.29 is 15.0 Å². The molecule has 0 bridgehead atoms. The third kappa shape index (κ3) is 4.09. The van der Waals surface area contributed by atoms with Crippen molar-refractivity contribution in [2.45, 2.75) is 13.5 Å². The Labute approximate surface area is 127 Å². The van der Waals surface area contributed by atoms with E-state index in [9.17, 15) is 9.90 Å². The number of thiophene rings is 1. The van der Waals surface area contributed by atoms with Gasteiger partial charge in [-0.3, -0.25) is 4.79 Å². The number of aliphatic hydroxyl groups is 1. The molecule has 3 N–H and O–H groups in total. The Hall–Kier alpha value is -2.29. The van der Waals surface area contributed by atoms with E-state index in [-0.39, 0.29) is 23.8 Å². The number of amides is 1. The van der Waals surface area contributed by atoms with Crippen LogP contribution in [-0.2, 0) is 6.54 Å². The van der Waals surface area contributed by atoms with Crippen molar-refractivity contribution in [3.63, 3.8) is 0 Å². The Bertz CT molecular complexity index is 710. The fraction of sp³-hybridized carbons (Fsp3) is 0.188. The number of phenolic OH excluding ortho intramolecular Hbond substituents is 1. The molecule has 5 heteroatoms. The highest BCUT2D eigenvalue weighted by Crippen LogP contribution is 2.19. The van der Waals surface area contributed by atoms with Crippen LogP contribution in [0, 0.1) is 18.8 Å². The summed E-state index contributed by atoms with van der Waals surface area (Å²) < 4.78 is 0. The van der Waals surface area contributed by atoms with Crippen LogP contribution >= 0.6 is 11.3 Å². The molecule has 4 nitrogen and oxygen atoms in total. The SMILES string of the molecule is Cc1ccc(O)c(C(=O)NCc2ccc(C#CCO)s2)c1. The molecule has 1 aromatic heterocycles. The second-order valence-electron chi connectivity index (χ2n) is 4.43. The fourth-order valence-electron chi connectivity index (χ4n) is 1.76. The van der Waals surface area contributed by atoms with Gasteiger partial charge in [-0.15, -0.1) is 11.3 Å². The Morgan fingerprint density at radius 1 is 1.33 bits per heavy atom. The van der Waals surface area contributed by atoms with E-state index < -0.39 is 0 Å². The minimum Gasteiger partial charge on any atom is -0.507 e. The van der Waals surface area contributed by atoms with E-state index in [1.165, 1.54) is 17.4 Å². The third-order valence-electron chi connectivity index (χ3n) is 2.77. The second-order valence-corrected chi connectivity index (χ2v) is 5.60. The Kier molecular flexibility index (Phi) is 4.99. The number of rotatable bonds is 3. The third-order valence-corrected chi connectivity index (χ3v) is 3.77. The van der Waals surface area contributed by atoms with Crippen LogP contribution in [0.2, 0.25) is 0 Å². The van der Waals surface area contributed by atoms with Gasteiger partial charge in [-0.05, 0) is 31.2 Å². The van der Waals surface area contributed by atoms with Gasteiger partial charge in [0.15, 0.2) is 0 Å². The standard InChI is InChI=1S/C16H15NO3S/c1-11-4-7-15(19)14(9-11)16(20)17-10-13-6-5-12(21-13)3-2-8-18/h4-7,9,18-19H,8,10H2,1H3,(H,17,20).